The van der Waals surface area contributed by atoms with Crippen LogP contribution in [0.4, 0.5) is 0 Å². The van der Waals surface area contributed by atoms with Crippen LogP contribution in [0.1, 0.15) is 30.1 Å². The van der Waals surface area contributed by atoms with Crippen LogP contribution in [0.2, 0.25) is 0 Å². The van der Waals surface area contributed by atoms with E-state index in [1.165, 1.54) is 0 Å². The molecular weight excluding hydrogens is 224 g/mol. The fraction of sp³-hybridized carbons (Fsp3) is 0.500. The molecule has 0 aliphatic carbocycles. The summed E-state index contributed by atoms with van der Waals surface area (Å²) >= 11 is 5.68. The van der Waals surface area contributed by atoms with E-state index in [1.54, 1.807) is 24.5 Å². The van der Waals surface area contributed by atoms with Crippen molar-refractivity contribution >= 4 is 17.5 Å². The number of amides is 1. The maximum atomic E-state index is 11.7. The number of rotatable bonds is 6. The van der Waals surface area contributed by atoms with Gasteiger partial charge in [-0.1, -0.05) is 13.3 Å². The first-order valence-corrected chi connectivity index (χ1v) is 6.05. The first-order valence-electron chi connectivity index (χ1n) is 5.52. The maximum absolute atomic E-state index is 11.7. The van der Waals surface area contributed by atoms with Crippen molar-refractivity contribution in [2.24, 2.45) is 5.92 Å². The highest BCUT2D eigenvalue weighted by molar-refractivity contribution is 6.17. The summed E-state index contributed by atoms with van der Waals surface area (Å²) in [6.45, 7) is 2.78. The molecule has 1 N–H and O–H groups in total. The molecule has 16 heavy (non-hydrogen) atoms. The van der Waals surface area contributed by atoms with E-state index < -0.39 is 0 Å². The first kappa shape index (κ1) is 13.0. The summed E-state index contributed by atoms with van der Waals surface area (Å²) in [7, 11) is 0. The predicted molar refractivity (Wildman–Crippen MR) is 65.7 cm³/mol. The van der Waals surface area contributed by atoms with Crippen molar-refractivity contribution in [3.05, 3.63) is 30.1 Å². The van der Waals surface area contributed by atoms with Gasteiger partial charge in [-0.25, -0.2) is 0 Å². The Balaban J connectivity index is 2.40. The molecule has 1 atom stereocenters. The second-order valence-electron chi connectivity index (χ2n) is 3.70. The lowest BCUT2D eigenvalue weighted by atomic mass is 10.0. The van der Waals surface area contributed by atoms with Gasteiger partial charge in [0.15, 0.2) is 0 Å². The molecule has 3 nitrogen and oxygen atoms in total. The molecule has 0 saturated heterocycles. The van der Waals surface area contributed by atoms with Crippen molar-refractivity contribution < 1.29 is 4.79 Å². The Hall–Kier alpha value is -1.09. The zero-order valence-electron chi connectivity index (χ0n) is 9.45. The minimum atomic E-state index is -0.0684. The molecule has 1 aromatic rings. The maximum Gasteiger partial charge on any atom is 0.252 e. The third-order valence-electron chi connectivity index (χ3n) is 2.57. The van der Waals surface area contributed by atoms with Gasteiger partial charge >= 0.3 is 0 Å². The van der Waals surface area contributed by atoms with Crippen LogP contribution >= 0.6 is 11.6 Å². The molecule has 0 radical (unpaired) electrons. The highest BCUT2D eigenvalue weighted by Crippen LogP contribution is 2.08. The Labute approximate surface area is 101 Å². The smallest absolute Gasteiger partial charge is 0.252 e. The Morgan fingerprint density at radius 3 is 3.00 bits per heavy atom. The standard InChI is InChI=1S/C12H17ClN2O/c1-2-10(5-6-13)8-15-12(16)11-4-3-7-14-9-11/h3-4,7,9-10H,2,5-6,8H2,1H3,(H,15,16). The van der Waals surface area contributed by atoms with Crippen molar-refractivity contribution in [3.63, 3.8) is 0 Å². The largest absolute Gasteiger partial charge is 0.352 e. The van der Waals surface area contributed by atoms with Crippen LogP contribution < -0.4 is 5.32 Å². The summed E-state index contributed by atoms with van der Waals surface area (Å²) in [6.07, 6.45) is 5.18. The molecule has 1 aromatic heterocycles. The molecule has 88 valence electrons. The topological polar surface area (TPSA) is 42.0 Å². The summed E-state index contributed by atoms with van der Waals surface area (Å²) in [5.41, 5.74) is 0.600. The molecule has 0 aliphatic rings. The van der Waals surface area contributed by atoms with Crippen molar-refractivity contribution in [3.8, 4) is 0 Å². The van der Waals surface area contributed by atoms with E-state index in [1.807, 2.05) is 0 Å². The fourth-order valence-corrected chi connectivity index (χ4v) is 1.75. The third-order valence-corrected chi connectivity index (χ3v) is 2.79. The zero-order chi connectivity index (χ0) is 11.8. The Bertz CT molecular complexity index is 316. The van der Waals surface area contributed by atoms with E-state index in [4.69, 9.17) is 11.6 Å². The van der Waals surface area contributed by atoms with Crippen LogP contribution in [0.3, 0.4) is 0 Å². The molecule has 1 amide bonds. The van der Waals surface area contributed by atoms with E-state index in [-0.39, 0.29) is 5.91 Å². The van der Waals surface area contributed by atoms with Crippen LogP contribution in [-0.4, -0.2) is 23.3 Å². The van der Waals surface area contributed by atoms with Crippen LogP contribution in [0.15, 0.2) is 24.5 Å². The summed E-state index contributed by atoms with van der Waals surface area (Å²) in [5.74, 6) is 1.03. The average molecular weight is 241 g/mol. The Morgan fingerprint density at radius 2 is 2.44 bits per heavy atom. The molecule has 0 aliphatic heterocycles. The molecule has 4 heteroatoms. The highest BCUT2D eigenvalue weighted by Gasteiger charge is 2.09. The number of nitrogens with zero attached hydrogens (tertiary/aromatic N) is 1. The number of alkyl halides is 1. The summed E-state index contributed by atoms with van der Waals surface area (Å²) < 4.78 is 0. The van der Waals surface area contributed by atoms with Gasteiger partial charge in [-0.3, -0.25) is 9.78 Å². The molecule has 0 fully saturated rings. The van der Waals surface area contributed by atoms with Gasteiger partial charge in [0.05, 0.1) is 5.56 Å². The van der Waals surface area contributed by atoms with Crippen LogP contribution in [-0.2, 0) is 0 Å². The summed E-state index contributed by atoms with van der Waals surface area (Å²) in [4.78, 5) is 15.6. The molecule has 0 bridgehead atoms. The predicted octanol–water partition coefficient (Wildman–Crippen LogP) is 2.47. The fourth-order valence-electron chi connectivity index (χ4n) is 1.44. The second kappa shape index (κ2) is 7.23. The molecule has 0 aromatic carbocycles. The van der Waals surface area contributed by atoms with Gasteiger partial charge in [-0.2, -0.15) is 0 Å². The zero-order valence-corrected chi connectivity index (χ0v) is 10.2. The van der Waals surface area contributed by atoms with E-state index in [9.17, 15) is 4.79 Å². The third kappa shape index (κ3) is 4.19. The quantitative estimate of drug-likeness (QED) is 0.777. The summed E-state index contributed by atoms with van der Waals surface area (Å²) in [5, 5.41) is 2.90. The van der Waals surface area contributed by atoms with Crippen LogP contribution in [0, 0.1) is 5.92 Å². The normalized spacial score (nSPS) is 12.1. The number of aromatic nitrogens is 1. The van der Waals surface area contributed by atoms with E-state index >= 15 is 0 Å². The van der Waals surface area contributed by atoms with Gasteiger partial charge in [0, 0.05) is 24.8 Å². The number of halogens is 1. The van der Waals surface area contributed by atoms with Crippen molar-refractivity contribution in [2.75, 3.05) is 12.4 Å². The number of carbonyl (C=O) groups excluding carboxylic acids is 1. The highest BCUT2D eigenvalue weighted by atomic mass is 35.5. The van der Waals surface area contributed by atoms with E-state index in [0.29, 0.717) is 23.9 Å². The second-order valence-corrected chi connectivity index (χ2v) is 4.08. The number of pyridine rings is 1. The number of hydrogen-bond donors (Lipinski definition) is 1. The average Bonchev–Trinajstić information content (AvgIpc) is 2.35. The first-order chi connectivity index (χ1) is 7.77. The van der Waals surface area contributed by atoms with Crippen molar-refractivity contribution in [1.29, 1.82) is 0 Å². The van der Waals surface area contributed by atoms with Crippen LogP contribution in [0.25, 0.3) is 0 Å². The number of nitrogens with one attached hydrogen (secondary N) is 1. The van der Waals surface area contributed by atoms with Gasteiger partial charge in [-0.05, 0) is 24.5 Å². The lowest BCUT2D eigenvalue weighted by Gasteiger charge is -2.13. The van der Waals surface area contributed by atoms with Gasteiger partial charge in [0.1, 0.15) is 0 Å². The molecule has 1 unspecified atom stereocenters. The Morgan fingerprint density at radius 1 is 1.62 bits per heavy atom. The van der Waals surface area contributed by atoms with Gasteiger partial charge in [0.25, 0.3) is 5.91 Å². The van der Waals surface area contributed by atoms with E-state index in [2.05, 4.69) is 17.2 Å². The lowest BCUT2D eigenvalue weighted by Crippen LogP contribution is -2.29. The SMILES string of the molecule is CCC(CCCl)CNC(=O)c1cccnc1. The van der Waals surface area contributed by atoms with Gasteiger partial charge < -0.3 is 5.32 Å². The minimum absolute atomic E-state index is 0.0684. The molecule has 0 spiro atoms. The molecule has 1 heterocycles. The van der Waals surface area contributed by atoms with Crippen molar-refractivity contribution in [1.82, 2.24) is 10.3 Å². The van der Waals surface area contributed by atoms with Crippen LogP contribution in [0.5, 0.6) is 0 Å². The summed E-state index contributed by atoms with van der Waals surface area (Å²) in [6, 6.07) is 3.51. The molecule has 0 saturated carbocycles. The Kier molecular flexibility index (Phi) is 5.86. The monoisotopic (exact) mass is 240 g/mol. The lowest BCUT2D eigenvalue weighted by molar-refractivity contribution is 0.0946. The number of carbonyl (C=O) groups is 1. The minimum Gasteiger partial charge on any atom is -0.352 e. The van der Waals surface area contributed by atoms with E-state index in [0.717, 1.165) is 12.8 Å². The van der Waals surface area contributed by atoms with Crippen molar-refractivity contribution in [2.45, 2.75) is 19.8 Å². The molecular formula is C12H17ClN2O. The number of hydrogen-bond acceptors (Lipinski definition) is 2. The van der Waals surface area contributed by atoms with Gasteiger partial charge in [0.2, 0.25) is 0 Å². The van der Waals surface area contributed by atoms with Gasteiger partial charge in [-0.15, -0.1) is 11.6 Å². The molecule has 1 rings (SSSR count).